The highest BCUT2D eigenvalue weighted by molar-refractivity contribution is 7.16. The largest absolute Gasteiger partial charge is 0.496 e. The van der Waals surface area contributed by atoms with E-state index in [1.165, 1.54) is 11.3 Å². The number of hydrogen-bond donors (Lipinski definition) is 1. The Morgan fingerprint density at radius 3 is 2.57 bits per heavy atom. The first-order valence-electron chi connectivity index (χ1n) is 6.69. The number of aryl methyl sites for hydroxylation is 1. The smallest absolute Gasteiger partial charge is 0.342 e. The highest BCUT2D eigenvalue weighted by atomic mass is 32.1. The topological polar surface area (TPSA) is 61.5 Å². The van der Waals surface area contributed by atoms with Crippen molar-refractivity contribution in [2.75, 3.05) is 12.8 Å². The maximum absolute atomic E-state index is 12.3. The number of methoxy groups -OCH3 is 1. The van der Waals surface area contributed by atoms with Gasteiger partial charge < -0.3 is 15.2 Å². The molecule has 5 heteroatoms. The molecule has 0 saturated heterocycles. The summed E-state index contributed by atoms with van der Waals surface area (Å²) in [5, 5.41) is 0.471. The number of ether oxygens (including phenoxy) is 2. The Balaban J connectivity index is 2.61. The second kappa shape index (κ2) is 6.18. The Kier molecular flexibility index (Phi) is 4.53. The van der Waals surface area contributed by atoms with Crippen LogP contribution in [0.1, 0.15) is 29.1 Å². The normalized spacial score (nSPS) is 10.7. The number of para-hydroxylation sites is 1. The minimum atomic E-state index is -0.396. The molecule has 0 aliphatic heterocycles. The van der Waals surface area contributed by atoms with Crippen LogP contribution in [0.25, 0.3) is 11.1 Å². The van der Waals surface area contributed by atoms with E-state index < -0.39 is 5.97 Å². The van der Waals surface area contributed by atoms with E-state index in [9.17, 15) is 4.79 Å². The summed E-state index contributed by atoms with van der Waals surface area (Å²) in [5.74, 6) is 0.310. The first-order valence-corrected chi connectivity index (χ1v) is 7.50. The van der Waals surface area contributed by atoms with Crippen LogP contribution in [0.2, 0.25) is 0 Å². The maximum atomic E-state index is 12.3. The van der Waals surface area contributed by atoms with Gasteiger partial charge in [-0.15, -0.1) is 11.3 Å². The number of nitrogens with two attached hydrogens (primary N) is 1. The minimum absolute atomic E-state index is 0.192. The van der Waals surface area contributed by atoms with Crippen molar-refractivity contribution < 1.29 is 14.3 Å². The number of carbonyl (C=O) groups is 1. The Hall–Kier alpha value is -2.01. The van der Waals surface area contributed by atoms with E-state index in [1.54, 1.807) is 7.11 Å². The third kappa shape index (κ3) is 3.03. The summed E-state index contributed by atoms with van der Waals surface area (Å²) in [6.45, 7) is 5.57. The van der Waals surface area contributed by atoms with Crippen LogP contribution in [-0.2, 0) is 4.74 Å². The summed E-state index contributed by atoms with van der Waals surface area (Å²) >= 11 is 1.39. The van der Waals surface area contributed by atoms with Gasteiger partial charge in [0.15, 0.2) is 0 Å². The molecule has 1 aromatic carbocycles. The summed E-state index contributed by atoms with van der Waals surface area (Å²) in [4.78, 5) is 13.3. The third-order valence-electron chi connectivity index (χ3n) is 3.03. The summed E-state index contributed by atoms with van der Waals surface area (Å²) in [7, 11) is 1.61. The van der Waals surface area contributed by atoms with Crippen LogP contribution in [-0.4, -0.2) is 19.2 Å². The lowest BCUT2D eigenvalue weighted by Crippen LogP contribution is -2.13. The van der Waals surface area contributed by atoms with Crippen molar-refractivity contribution in [3.05, 3.63) is 34.7 Å². The van der Waals surface area contributed by atoms with Crippen molar-refractivity contribution in [3.63, 3.8) is 0 Å². The van der Waals surface area contributed by atoms with Crippen LogP contribution in [0, 0.1) is 6.92 Å². The Labute approximate surface area is 128 Å². The molecule has 0 spiro atoms. The highest BCUT2D eigenvalue weighted by Gasteiger charge is 2.25. The van der Waals surface area contributed by atoms with Gasteiger partial charge in [-0.2, -0.15) is 0 Å². The van der Waals surface area contributed by atoms with Crippen LogP contribution in [0.5, 0.6) is 5.75 Å². The molecule has 0 aliphatic rings. The van der Waals surface area contributed by atoms with Gasteiger partial charge in [-0.05, 0) is 26.8 Å². The first-order chi connectivity index (χ1) is 9.95. The standard InChI is InChI=1S/C16H19NO3S/c1-9(2)20-16(18)14-13(10(3)21-15(14)17)11-7-5-6-8-12(11)19-4/h5-9H,17H2,1-4H3. The van der Waals surface area contributed by atoms with Crippen molar-refractivity contribution >= 4 is 22.3 Å². The van der Waals surface area contributed by atoms with Crippen molar-refractivity contribution in [2.24, 2.45) is 0 Å². The van der Waals surface area contributed by atoms with Crippen LogP contribution in [0.15, 0.2) is 24.3 Å². The fraction of sp³-hybridized carbons (Fsp3) is 0.312. The number of anilines is 1. The average molecular weight is 305 g/mol. The lowest BCUT2D eigenvalue weighted by molar-refractivity contribution is 0.0380. The van der Waals surface area contributed by atoms with Crippen LogP contribution < -0.4 is 10.5 Å². The number of nitrogen functional groups attached to an aromatic ring is 1. The molecule has 0 saturated carbocycles. The SMILES string of the molecule is COc1ccccc1-c1c(C)sc(N)c1C(=O)OC(C)C. The van der Waals surface area contributed by atoms with Crippen molar-refractivity contribution in [1.82, 2.24) is 0 Å². The van der Waals surface area contributed by atoms with E-state index in [1.807, 2.05) is 45.0 Å². The second-order valence-electron chi connectivity index (χ2n) is 4.93. The van der Waals surface area contributed by atoms with Gasteiger partial charge in [0.2, 0.25) is 0 Å². The maximum Gasteiger partial charge on any atom is 0.342 e. The van der Waals surface area contributed by atoms with E-state index in [0.29, 0.717) is 16.3 Å². The van der Waals surface area contributed by atoms with Gasteiger partial charge in [0.1, 0.15) is 16.3 Å². The fourth-order valence-electron chi connectivity index (χ4n) is 2.22. The Morgan fingerprint density at radius 2 is 1.95 bits per heavy atom. The van der Waals surface area contributed by atoms with E-state index in [2.05, 4.69) is 0 Å². The molecule has 1 heterocycles. The summed E-state index contributed by atoms with van der Waals surface area (Å²) in [5.41, 5.74) is 8.09. The average Bonchev–Trinajstić information content (AvgIpc) is 2.72. The molecule has 2 rings (SSSR count). The Bertz CT molecular complexity index is 662. The Morgan fingerprint density at radius 1 is 1.29 bits per heavy atom. The molecule has 2 N–H and O–H groups in total. The third-order valence-corrected chi connectivity index (χ3v) is 3.97. The fourth-order valence-corrected chi connectivity index (χ4v) is 3.15. The summed E-state index contributed by atoms with van der Waals surface area (Å²) in [6, 6.07) is 7.57. The lowest BCUT2D eigenvalue weighted by atomic mass is 10.0. The molecule has 2 aromatic rings. The summed E-state index contributed by atoms with van der Waals surface area (Å²) in [6.07, 6.45) is -0.192. The zero-order valence-corrected chi connectivity index (χ0v) is 13.4. The quantitative estimate of drug-likeness (QED) is 0.871. The van der Waals surface area contributed by atoms with E-state index in [0.717, 1.165) is 16.0 Å². The van der Waals surface area contributed by atoms with Gasteiger partial charge in [-0.3, -0.25) is 0 Å². The van der Waals surface area contributed by atoms with Gasteiger partial charge in [-0.1, -0.05) is 18.2 Å². The predicted octanol–water partition coefficient (Wildman–Crippen LogP) is 3.88. The number of benzene rings is 1. The van der Waals surface area contributed by atoms with E-state index in [-0.39, 0.29) is 6.10 Å². The van der Waals surface area contributed by atoms with E-state index >= 15 is 0 Å². The molecule has 0 aliphatic carbocycles. The molecule has 1 aromatic heterocycles. The van der Waals surface area contributed by atoms with Crippen LogP contribution >= 0.6 is 11.3 Å². The number of hydrogen-bond acceptors (Lipinski definition) is 5. The van der Waals surface area contributed by atoms with Gasteiger partial charge in [0.25, 0.3) is 0 Å². The van der Waals surface area contributed by atoms with Crippen molar-refractivity contribution in [2.45, 2.75) is 26.9 Å². The highest BCUT2D eigenvalue weighted by Crippen LogP contribution is 2.42. The first kappa shape index (κ1) is 15.4. The number of carbonyl (C=O) groups excluding carboxylic acids is 1. The van der Waals surface area contributed by atoms with Gasteiger partial charge in [0, 0.05) is 16.0 Å². The molecule has 4 nitrogen and oxygen atoms in total. The monoisotopic (exact) mass is 305 g/mol. The zero-order valence-electron chi connectivity index (χ0n) is 12.6. The molecule has 0 radical (unpaired) electrons. The molecule has 0 atom stereocenters. The van der Waals surface area contributed by atoms with Crippen LogP contribution in [0.3, 0.4) is 0 Å². The van der Waals surface area contributed by atoms with E-state index in [4.69, 9.17) is 15.2 Å². The van der Waals surface area contributed by atoms with Crippen molar-refractivity contribution in [1.29, 1.82) is 0 Å². The molecule has 21 heavy (non-hydrogen) atoms. The summed E-state index contributed by atoms with van der Waals surface area (Å²) < 4.78 is 10.7. The number of esters is 1. The van der Waals surface area contributed by atoms with Gasteiger partial charge >= 0.3 is 5.97 Å². The minimum Gasteiger partial charge on any atom is -0.496 e. The number of thiophene rings is 1. The zero-order chi connectivity index (χ0) is 15.6. The molecule has 0 amide bonds. The predicted molar refractivity (Wildman–Crippen MR) is 86.0 cm³/mol. The van der Waals surface area contributed by atoms with Gasteiger partial charge in [-0.25, -0.2) is 4.79 Å². The molecular formula is C16H19NO3S. The molecular weight excluding hydrogens is 286 g/mol. The molecule has 0 bridgehead atoms. The lowest BCUT2D eigenvalue weighted by Gasteiger charge is -2.12. The van der Waals surface area contributed by atoms with Gasteiger partial charge in [0.05, 0.1) is 13.2 Å². The number of rotatable bonds is 4. The van der Waals surface area contributed by atoms with Crippen LogP contribution in [0.4, 0.5) is 5.00 Å². The van der Waals surface area contributed by atoms with Crippen molar-refractivity contribution in [3.8, 4) is 16.9 Å². The molecule has 0 fully saturated rings. The molecule has 0 unspecified atom stereocenters. The second-order valence-corrected chi connectivity index (χ2v) is 6.18. The molecule has 112 valence electrons.